The smallest absolute Gasteiger partial charge is 0.297 e. The molecular weight excluding hydrogens is 269 g/mol. The molecule has 0 unspecified atom stereocenters. The molecule has 1 aromatic heterocycles. The first-order valence-electron chi connectivity index (χ1n) is 4.80. The summed E-state index contributed by atoms with van der Waals surface area (Å²) in [4.78, 5) is 17.4. The van der Waals surface area contributed by atoms with Crippen molar-refractivity contribution in [3.05, 3.63) is 51.7 Å². The van der Waals surface area contributed by atoms with Crippen LogP contribution in [0.4, 0.5) is 13.2 Å². The van der Waals surface area contributed by atoms with Crippen molar-refractivity contribution >= 4 is 11.6 Å². The van der Waals surface area contributed by atoms with Crippen molar-refractivity contribution in [1.82, 2.24) is 9.97 Å². The van der Waals surface area contributed by atoms with E-state index in [1.807, 2.05) is 0 Å². The van der Waals surface area contributed by atoms with Crippen molar-refractivity contribution in [2.75, 3.05) is 0 Å². The van der Waals surface area contributed by atoms with Crippen LogP contribution in [0.25, 0.3) is 11.1 Å². The zero-order valence-corrected chi connectivity index (χ0v) is 9.51. The molecule has 3 nitrogen and oxygen atoms in total. The Balaban J connectivity index is 2.55. The number of benzene rings is 1. The van der Waals surface area contributed by atoms with E-state index in [2.05, 4.69) is 9.97 Å². The third-order valence-corrected chi connectivity index (χ3v) is 2.46. The topological polar surface area (TPSA) is 45.8 Å². The lowest BCUT2D eigenvalue weighted by Gasteiger charge is -2.08. The Morgan fingerprint density at radius 3 is 2.61 bits per heavy atom. The van der Waals surface area contributed by atoms with Gasteiger partial charge >= 0.3 is 6.18 Å². The zero-order valence-electron chi connectivity index (χ0n) is 8.75. The van der Waals surface area contributed by atoms with Gasteiger partial charge in [0.15, 0.2) is 0 Å². The molecule has 1 N–H and O–H groups in total. The molecule has 2 aromatic rings. The highest BCUT2D eigenvalue weighted by Gasteiger charge is 2.30. The molecule has 18 heavy (non-hydrogen) atoms. The third-order valence-electron chi connectivity index (χ3n) is 2.27. The largest absolute Gasteiger partial charge is 0.416 e. The molecule has 0 saturated heterocycles. The van der Waals surface area contributed by atoms with Crippen LogP contribution in [0.2, 0.25) is 5.28 Å². The summed E-state index contributed by atoms with van der Waals surface area (Å²) < 4.78 is 37.6. The van der Waals surface area contributed by atoms with Gasteiger partial charge in [0.1, 0.15) is 0 Å². The molecule has 0 aliphatic rings. The van der Waals surface area contributed by atoms with Gasteiger partial charge in [-0.3, -0.25) is 9.78 Å². The molecule has 0 aliphatic heterocycles. The number of H-pyrrole nitrogens is 1. The summed E-state index contributed by atoms with van der Waals surface area (Å²) in [5.74, 6) is 0. The van der Waals surface area contributed by atoms with Gasteiger partial charge in [0, 0.05) is 6.20 Å². The predicted octanol–water partition coefficient (Wildman–Crippen LogP) is 3.11. The fourth-order valence-corrected chi connectivity index (χ4v) is 1.58. The molecule has 0 aliphatic carbocycles. The number of rotatable bonds is 1. The maximum atomic E-state index is 12.5. The van der Waals surface area contributed by atoms with Crippen LogP contribution in [-0.2, 0) is 6.18 Å². The van der Waals surface area contributed by atoms with Crippen LogP contribution in [0.5, 0.6) is 0 Å². The monoisotopic (exact) mass is 274 g/mol. The fourth-order valence-electron chi connectivity index (χ4n) is 1.44. The molecule has 0 atom stereocenters. The summed E-state index contributed by atoms with van der Waals surface area (Å²) in [6.07, 6.45) is -3.32. The summed E-state index contributed by atoms with van der Waals surface area (Å²) in [6, 6.07) is 4.45. The lowest BCUT2D eigenvalue weighted by atomic mass is 10.1. The minimum absolute atomic E-state index is 0.0329. The Morgan fingerprint density at radius 1 is 1.28 bits per heavy atom. The fraction of sp³-hybridized carbons (Fsp3) is 0.0909. The van der Waals surface area contributed by atoms with E-state index in [4.69, 9.17) is 11.6 Å². The van der Waals surface area contributed by atoms with E-state index in [1.54, 1.807) is 0 Å². The molecule has 1 aromatic carbocycles. The van der Waals surface area contributed by atoms with E-state index in [-0.39, 0.29) is 16.4 Å². The average Bonchev–Trinajstić information content (AvgIpc) is 2.28. The molecule has 1 heterocycles. The lowest BCUT2D eigenvalue weighted by Crippen LogP contribution is -2.11. The molecule has 0 radical (unpaired) electrons. The molecule has 0 amide bonds. The number of nitrogens with zero attached hydrogens (tertiary/aromatic N) is 1. The molecular formula is C11H6ClF3N2O. The highest BCUT2D eigenvalue weighted by atomic mass is 35.5. The van der Waals surface area contributed by atoms with Crippen LogP contribution >= 0.6 is 11.6 Å². The van der Waals surface area contributed by atoms with Crippen LogP contribution < -0.4 is 5.56 Å². The molecule has 2 rings (SSSR count). The molecule has 94 valence electrons. The van der Waals surface area contributed by atoms with Crippen LogP contribution in [0.15, 0.2) is 35.3 Å². The Morgan fingerprint density at radius 2 is 2.00 bits per heavy atom. The van der Waals surface area contributed by atoms with Gasteiger partial charge in [0.05, 0.1) is 11.1 Å². The minimum atomic E-state index is -4.46. The van der Waals surface area contributed by atoms with Crippen LogP contribution in [0, 0.1) is 0 Å². The van der Waals surface area contributed by atoms with Crippen molar-refractivity contribution < 1.29 is 13.2 Å². The average molecular weight is 275 g/mol. The van der Waals surface area contributed by atoms with Gasteiger partial charge in [0.25, 0.3) is 5.56 Å². The number of aromatic amines is 1. The first-order valence-corrected chi connectivity index (χ1v) is 5.18. The second kappa shape index (κ2) is 4.45. The van der Waals surface area contributed by atoms with E-state index in [1.165, 1.54) is 12.1 Å². The Kier molecular flexibility index (Phi) is 3.13. The van der Waals surface area contributed by atoms with Crippen molar-refractivity contribution in [2.24, 2.45) is 0 Å². The van der Waals surface area contributed by atoms with E-state index >= 15 is 0 Å². The maximum absolute atomic E-state index is 12.5. The summed E-state index contributed by atoms with van der Waals surface area (Å²) in [7, 11) is 0. The molecule has 0 saturated carbocycles. The van der Waals surface area contributed by atoms with Crippen molar-refractivity contribution in [3.8, 4) is 11.1 Å². The van der Waals surface area contributed by atoms with Gasteiger partial charge in [-0.25, -0.2) is 4.98 Å². The second-order valence-electron chi connectivity index (χ2n) is 3.50. The molecule has 0 bridgehead atoms. The second-order valence-corrected chi connectivity index (χ2v) is 3.85. The standard InChI is InChI=1S/C11H6ClF3N2O/c12-10-16-5-8(9(18)17-10)6-2-1-3-7(4-6)11(13,14)15/h1-5H,(H,16,17,18). The molecule has 7 heteroatoms. The first kappa shape index (κ1) is 12.6. The van der Waals surface area contributed by atoms with Crippen LogP contribution in [0.1, 0.15) is 5.56 Å². The Bertz CT molecular complexity index is 637. The van der Waals surface area contributed by atoms with Gasteiger partial charge < -0.3 is 0 Å². The number of nitrogens with one attached hydrogen (secondary N) is 1. The summed E-state index contributed by atoms with van der Waals surface area (Å²) >= 11 is 5.46. The first-order chi connectivity index (χ1) is 8.38. The number of aromatic nitrogens is 2. The van der Waals surface area contributed by atoms with Crippen molar-refractivity contribution in [1.29, 1.82) is 0 Å². The van der Waals surface area contributed by atoms with E-state index in [0.29, 0.717) is 0 Å². The quantitative estimate of drug-likeness (QED) is 0.812. The Labute approximate surface area is 104 Å². The van der Waals surface area contributed by atoms with Crippen LogP contribution in [-0.4, -0.2) is 9.97 Å². The minimum Gasteiger partial charge on any atom is -0.297 e. The highest BCUT2D eigenvalue weighted by molar-refractivity contribution is 6.28. The predicted molar refractivity (Wildman–Crippen MR) is 60.3 cm³/mol. The Hall–Kier alpha value is -1.82. The normalized spacial score (nSPS) is 11.6. The van der Waals surface area contributed by atoms with Crippen molar-refractivity contribution in [2.45, 2.75) is 6.18 Å². The molecule has 0 spiro atoms. The SMILES string of the molecule is O=c1[nH]c(Cl)ncc1-c1cccc(C(F)(F)F)c1. The third kappa shape index (κ3) is 2.53. The van der Waals surface area contributed by atoms with E-state index < -0.39 is 17.3 Å². The lowest BCUT2D eigenvalue weighted by molar-refractivity contribution is -0.137. The number of hydrogen-bond donors (Lipinski definition) is 1. The van der Waals surface area contributed by atoms with Gasteiger partial charge in [-0.05, 0) is 29.3 Å². The molecule has 0 fully saturated rings. The number of alkyl halides is 3. The van der Waals surface area contributed by atoms with E-state index in [0.717, 1.165) is 18.3 Å². The van der Waals surface area contributed by atoms with Gasteiger partial charge in [-0.1, -0.05) is 12.1 Å². The van der Waals surface area contributed by atoms with Gasteiger partial charge in [-0.2, -0.15) is 13.2 Å². The summed E-state index contributed by atoms with van der Waals surface area (Å²) in [5, 5.41) is -0.115. The summed E-state index contributed by atoms with van der Waals surface area (Å²) in [5.41, 5.74) is -1.25. The zero-order chi connectivity index (χ0) is 13.3. The van der Waals surface area contributed by atoms with Gasteiger partial charge in [0.2, 0.25) is 5.28 Å². The number of hydrogen-bond acceptors (Lipinski definition) is 2. The van der Waals surface area contributed by atoms with Crippen molar-refractivity contribution in [3.63, 3.8) is 0 Å². The number of halogens is 4. The van der Waals surface area contributed by atoms with E-state index in [9.17, 15) is 18.0 Å². The highest BCUT2D eigenvalue weighted by Crippen LogP contribution is 2.31. The van der Waals surface area contributed by atoms with Crippen LogP contribution in [0.3, 0.4) is 0 Å². The van der Waals surface area contributed by atoms with Gasteiger partial charge in [-0.15, -0.1) is 0 Å². The summed E-state index contributed by atoms with van der Waals surface area (Å²) in [6.45, 7) is 0. The maximum Gasteiger partial charge on any atom is 0.416 e.